The highest BCUT2D eigenvalue weighted by molar-refractivity contribution is 5.82. The number of unbranched alkanes of at least 4 members (excludes halogenated alkanes) is 3. The summed E-state index contributed by atoms with van der Waals surface area (Å²) in [4.78, 5) is 14.0. The molecule has 0 unspecified atom stereocenters. The largest absolute Gasteiger partial charge is 0.395 e. The second-order valence-corrected chi connectivity index (χ2v) is 4.76. The molecule has 100 valence electrons. The van der Waals surface area contributed by atoms with Gasteiger partial charge in [0.05, 0.1) is 12.6 Å². The van der Waals surface area contributed by atoms with Crippen molar-refractivity contribution in [2.75, 3.05) is 26.2 Å². The maximum absolute atomic E-state index is 12.2. The van der Waals surface area contributed by atoms with Gasteiger partial charge in [0.1, 0.15) is 0 Å². The van der Waals surface area contributed by atoms with Gasteiger partial charge in [0.15, 0.2) is 0 Å². The number of nitrogens with zero attached hydrogens (tertiary/aromatic N) is 1. The predicted octanol–water partition coefficient (Wildman–Crippen LogP) is 1.14. The normalized spacial score (nSPS) is 19.5. The molecule has 1 amide bonds. The third-order valence-corrected chi connectivity index (χ3v) is 3.32. The Bertz CT molecular complexity index is 215. The summed E-state index contributed by atoms with van der Waals surface area (Å²) < 4.78 is 0. The maximum atomic E-state index is 12.2. The fourth-order valence-electron chi connectivity index (χ4n) is 2.30. The van der Waals surface area contributed by atoms with Crippen LogP contribution in [0, 0.1) is 0 Å². The third kappa shape index (κ3) is 5.04. The molecule has 0 spiro atoms. The van der Waals surface area contributed by atoms with Gasteiger partial charge in [-0.2, -0.15) is 0 Å². The number of rotatable bonds is 8. The lowest BCUT2D eigenvalue weighted by atomic mass is 10.1. The lowest BCUT2D eigenvalue weighted by molar-refractivity contribution is -0.133. The molecule has 1 aliphatic rings. The highest BCUT2D eigenvalue weighted by Gasteiger charge is 2.26. The van der Waals surface area contributed by atoms with Gasteiger partial charge >= 0.3 is 0 Å². The van der Waals surface area contributed by atoms with Gasteiger partial charge in [-0.25, -0.2) is 0 Å². The summed E-state index contributed by atoms with van der Waals surface area (Å²) in [7, 11) is 0. The predicted molar refractivity (Wildman–Crippen MR) is 68.8 cm³/mol. The van der Waals surface area contributed by atoms with E-state index in [1.807, 2.05) is 4.90 Å². The number of aliphatic hydroxyl groups is 1. The molecule has 1 heterocycles. The number of amides is 1. The molecule has 17 heavy (non-hydrogen) atoms. The molecule has 0 saturated carbocycles. The van der Waals surface area contributed by atoms with Gasteiger partial charge in [0, 0.05) is 13.1 Å². The van der Waals surface area contributed by atoms with Crippen LogP contribution in [0.15, 0.2) is 0 Å². The van der Waals surface area contributed by atoms with Gasteiger partial charge in [-0.3, -0.25) is 4.79 Å². The SMILES string of the molecule is CCCCCCN(CCO)C(=O)[C@H]1CCCN1. The van der Waals surface area contributed by atoms with Crippen LogP contribution in [0.2, 0.25) is 0 Å². The van der Waals surface area contributed by atoms with Crippen LogP contribution in [0.4, 0.5) is 0 Å². The van der Waals surface area contributed by atoms with E-state index < -0.39 is 0 Å². The van der Waals surface area contributed by atoms with Gasteiger partial charge in [-0.05, 0) is 25.8 Å². The van der Waals surface area contributed by atoms with Crippen LogP contribution in [-0.4, -0.2) is 48.2 Å². The molecule has 1 aliphatic heterocycles. The molecule has 4 heteroatoms. The Labute approximate surface area is 104 Å². The van der Waals surface area contributed by atoms with Crippen LogP contribution < -0.4 is 5.32 Å². The van der Waals surface area contributed by atoms with Crippen molar-refractivity contribution in [1.29, 1.82) is 0 Å². The molecule has 0 aliphatic carbocycles. The number of nitrogens with one attached hydrogen (secondary N) is 1. The van der Waals surface area contributed by atoms with E-state index in [0.717, 1.165) is 32.4 Å². The molecule has 1 atom stereocenters. The van der Waals surface area contributed by atoms with E-state index in [0.29, 0.717) is 6.54 Å². The highest BCUT2D eigenvalue weighted by atomic mass is 16.3. The van der Waals surface area contributed by atoms with Crippen molar-refractivity contribution in [3.8, 4) is 0 Å². The first-order valence-corrected chi connectivity index (χ1v) is 6.92. The molecule has 0 aromatic heterocycles. The zero-order chi connectivity index (χ0) is 12.5. The average molecular weight is 242 g/mol. The summed E-state index contributed by atoms with van der Waals surface area (Å²) in [5.41, 5.74) is 0. The van der Waals surface area contributed by atoms with E-state index in [2.05, 4.69) is 12.2 Å². The van der Waals surface area contributed by atoms with E-state index in [4.69, 9.17) is 5.11 Å². The molecule has 2 N–H and O–H groups in total. The molecule has 0 aromatic rings. The fourth-order valence-corrected chi connectivity index (χ4v) is 2.30. The summed E-state index contributed by atoms with van der Waals surface area (Å²) in [5, 5.41) is 12.2. The number of carbonyl (C=O) groups excluding carboxylic acids is 1. The first-order chi connectivity index (χ1) is 8.29. The van der Waals surface area contributed by atoms with Crippen LogP contribution in [0.3, 0.4) is 0 Å². The minimum Gasteiger partial charge on any atom is -0.395 e. The molecule has 0 aromatic carbocycles. The van der Waals surface area contributed by atoms with Crippen molar-refractivity contribution in [1.82, 2.24) is 10.2 Å². The monoisotopic (exact) mass is 242 g/mol. The molecule has 0 bridgehead atoms. The molecule has 1 saturated heterocycles. The topological polar surface area (TPSA) is 52.6 Å². The highest BCUT2D eigenvalue weighted by Crippen LogP contribution is 2.10. The second-order valence-electron chi connectivity index (χ2n) is 4.76. The maximum Gasteiger partial charge on any atom is 0.239 e. The van der Waals surface area contributed by atoms with Crippen LogP contribution in [0.5, 0.6) is 0 Å². The van der Waals surface area contributed by atoms with Crippen molar-refractivity contribution in [3.05, 3.63) is 0 Å². The van der Waals surface area contributed by atoms with E-state index in [1.165, 1.54) is 19.3 Å². The van der Waals surface area contributed by atoms with Gasteiger partial charge in [0.2, 0.25) is 5.91 Å². The Morgan fingerprint density at radius 2 is 2.18 bits per heavy atom. The lowest BCUT2D eigenvalue weighted by Crippen LogP contribution is -2.45. The summed E-state index contributed by atoms with van der Waals surface area (Å²) in [5.74, 6) is 0.174. The van der Waals surface area contributed by atoms with Gasteiger partial charge in [-0.1, -0.05) is 26.2 Å². The lowest BCUT2D eigenvalue weighted by Gasteiger charge is -2.25. The number of carbonyl (C=O) groups is 1. The minimum absolute atomic E-state index is 0.00674. The summed E-state index contributed by atoms with van der Waals surface area (Å²) in [6.07, 6.45) is 6.67. The smallest absolute Gasteiger partial charge is 0.239 e. The average Bonchev–Trinajstić information content (AvgIpc) is 2.86. The minimum atomic E-state index is -0.00674. The number of hydrogen-bond donors (Lipinski definition) is 2. The van der Waals surface area contributed by atoms with Gasteiger partial charge in [0.25, 0.3) is 0 Å². The molecule has 1 fully saturated rings. The van der Waals surface area contributed by atoms with E-state index in [-0.39, 0.29) is 18.6 Å². The number of aliphatic hydroxyl groups excluding tert-OH is 1. The number of hydrogen-bond acceptors (Lipinski definition) is 3. The fraction of sp³-hybridized carbons (Fsp3) is 0.923. The van der Waals surface area contributed by atoms with Crippen molar-refractivity contribution in [2.24, 2.45) is 0 Å². The second kappa shape index (κ2) is 8.48. The Morgan fingerprint density at radius 3 is 2.76 bits per heavy atom. The first kappa shape index (κ1) is 14.5. The van der Waals surface area contributed by atoms with Crippen LogP contribution in [0.1, 0.15) is 45.4 Å². The molecular weight excluding hydrogens is 216 g/mol. The van der Waals surface area contributed by atoms with E-state index in [9.17, 15) is 4.79 Å². The first-order valence-electron chi connectivity index (χ1n) is 6.92. The summed E-state index contributed by atoms with van der Waals surface area (Å²) >= 11 is 0. The summed E-state index contributed by atoms with van der Waals surface area (Å²) in [6, 6.07) is -0.00674. The molecule has 1 rings (SSSR count). The summed E-state index contributed by atoms with van der Waals surface area (Å²) in [6.45, 7) is 4.45. The zero-order valence-corrected chi connectivity index (χ0v) is 11.0. The third-order valence-electron chi connectivity index (χ3n) is 3.32. The molecule has 0 radical (unpaired) electrons. The Morgan fingerprint density at radius 1 is 1.35 bits per heavy atom. The van der Waals surface area contributed by atoms with Crippen molar-refractivity contribution >= 4 is 5.91 Å². The zero-order valence-electron chi connectivity index (χ0n) is 11.0. The van der Waals surface area contributed by atoms with Crippen molar-refractivity contribution < 1.29 is 9.90 Å². The Kier molecular flexibility index (Phi) is 7.21. The van der Waals surface area contributed by atoms with Crippen molar-refractivity contribution in [2.45, 2.75) is 51.5 Å². The van der Waals surface area contributed by atoms with E-state index in [1.54, 1.807) is 0 Å². The van der Waals surface area contributed by atoms with Crippen LogP contribution in [-0.2, 0) is 4.79 Å². The van der Waals surface area contributed by atoms with Crippen LogP contribution >= 0.6 is 0 Å². The Hall–Kier alpha value is -0.610. The van der Waals surface area contributed by atoms with Gasteiger partial charge < -0.3 is 15.3 Å². The molecule has 4 nitrogen and oxygen atoms in total. The molecular formula is C13H26N2O2. The van der Waals surface area contributed by atoms with Crippen LogP contribution in [0.25, 0.3) is 0 Å². The van der Waals surface area contributed by atoms with E-state index >= 15 is 0 Å². The standard InChI is InChI=1S/C13H26N2O2/c1-2-3-4-5-9-15(10-11-16)13(17)12-7-6-8-14-12/h12,14,16H,2-11H2,1H3/t12-/m1/s1. The quantitative estimate of drug-likeness (QED) is 0.628. The van der Waals surface area contributed by atoms with Gasteiger partial charge in [-0.15, -0.1) is 0 Å². The van der Waals surface area contributed by atoms with Crippen molar-refractivity contribution in [3.63, 3.8) is 0 Å². The Balaban J connectivity index is 2.32.